The lowest BCUT2D eigenvalue weighted by molar-refractivity contribution is -0.152. The zero-order valence-corrected chi connectivity index (χ0v) is 24.9. The van der Waals surface area contributed by atoms with Crippen LogP contribution in [-0.4, -0.2) is 59.0 Å². The van der Waals surface area contributed by atoms with E-state index in [-0.39, 0.29) is 24.4 Å². The number of hydrogen-bond donors (Lipinski definition) is 5. The molecule has 0 fully saturated rings. The number of benzene rings is 3. The molecule has 5 N–H and O–H groups in total. The van der Waals surface area contributed by atoms with Crippen LogP contribution in [0.1, 0.15) is 37.3 Å². The average molecular weight is 619 g/mol. The van der Waals surface area contributed by atoms with Crippen LogP contribution in [-0.2, 0) is 32.0 Å². The van der Waals surface area contributed by atoms with Crippen molar-refractivity contribution in [2.75, 3.05) is 0 Å². The van der Waals surface area contributed by atoms with Crippen LogP contribution >= 0.6 is 11.8 Å². The van der Waals surface area contributed by atoms with Gasteiger partial charge in [-0.3, -0.25) is 19.2 Å². The molecule has 44 heavy (non-hydrogen) atoms. The Morgan fingerprint density at radius 2 is 1.32 bits per heavy atom. The molecule has 0 saturated carbocycles. The van der Waals surface area contributed by atoms with Crippen molar-refractivity contribution < 1.29 is 39.6 Å². The molecule has 1 heterocycles. The van der Waals surface area contributed by atoms with Crippen LogP contribution in [0.25, 0.3) is 11.0 Å². The number of carboxylic acids is 4. The van der Waals surface area contributed by atoms with Crippen LogP contribution in [0.5, 0.6) is 0 Å². The number of nitrogens with zero attached hydrogens (tertiary/aromatic N) is 1. The Labute approximate surface area is 258 Å². The van der Waals surface area contributed by atoms with Gasteiger partial charge in [0.1, 0.15) is 4.75 Å². The Morgan fingerprint density at radius 3 is 1.80 bits per heavy atom. The number of aromatic amines is 1. The van der Waals surface area contributed by atoms with Gasteiger partial charge in [-0.25, -0.2) is 4.98 Å². The summed E-state index contributed by atoms with van der Waals surface area (Å²) in [4.78, 5) is 58.6. The number of hydrogen-bond acceptors (Lipinski definition) is 6. The van der Waals surface area contributed by atoms with Gasteiger partial charge in [-0.15, -0.1) is 0 Å². The number of rotatable bonds is 16. The Hall–Kier alpha value is -4.64. The lowest BCUT2D eigenvalue weighted by Crippen LogP contribution is -2.48. The third kappa shape index (κ3) is 7.65. The molecule has 0 saturated heterocycles. The minimum Gasteiger partial charge on any atom is -0.481 e. The van der Waals surface area contributed by atoms with E-state index in [0.29, 0.717) is 22.2 Å². The van der Waals surface area contributed by atoms with E-state index in [1.54, 1.807) is 84.9 Å². The highest BCUT2D eigenvalue weighted by atomic mass is 32.2. The molecule has 230 valence electrons. The molecule has 1 aromatic heterocycles. The molecule has 11 heteroatoms. The molecule has 10 nitrogen and oxygen atoms in total. The molecule has 0 aliphatic rings. The molecule has 4 aromatic rings. The second-order valence-electron chi connectivity index (χ2n) is 11.3. The number of imidazole rings is 1. The van der Waals surface area contributed by atoms with Crippen LogP contribution < -0.4 is 0 Å². The molecule has 0 aliphatic heterocycles. The second-order valence-corrected chi connectivity index (χ2v) is 12.6. The highest BCUT2D eigenvalue weighted by Crippen LogP contribution is 2.49. The van der Waals surface area contributed by atoms with E-state index in [1.807, 2.05) is 0 Å². The predicted octanol–water partition coefficient (Wildman–Crippen LogP) is 5.63. The van der Waals surface area contributed by atoms with Crippen LogP contribution in [0.4, 0.5) is 0 Å². The quantitative estimate of drug-likeness (QED) is 0.0989. The molecular formula is C33H34N2O8S. The van der Waals surface area contributed by atoms with Crippen molar-refractivity contribution >= 4 is 46.7 Å². The number of fused-ring (bicyclic) bond motifs is 1. The summed E-state index contributed by atoms with van der Waals surface area (Å²) < 4.78 is -2.03. The van der Waals surface area contributed by atoms with Crippen LogP contribution in [0.15, 0.2) is 90.1 Å². The largest absolute Gasteiger partial charge is 0.481 e. The molecular weight excluding hydrogens is 584 g/mol. The van der Waals surface area contributed by atoms with Crippen molar-refractivity contribution in [3.63, 3.8) is 0 Å². The zero-order valence-electron chi connectivity index (χ0n) is 24.1. The second kappa shape index (κ2) is 13.8. The van der Waals surface area contributed by atoms with E-state index in [9.17, 15) is 39.6 Å². The molecule has 0 amide bonds. The van der Waals surface area contributed by atoms with E-state index in [4.69, 9.17) is 0 Å². The van der Waals surface area contributed by atoms with Gasteiger partial charge in [0, 0.05) is 0 Å². The van der Waals surface area contributed by atoms with Gasteiger partial charge in [-0.2, -0.15) is 0 Å². The van der Waals surface area contributed by atoms with Gasteiger partial charge in [-0.05, 0) is 55.4 Å². The first-order valence-electron chi connectivity index (χ1n) is 14.1. The van der Waals surface area contributed by atoms with Crippen molar-refractivity contribution in [2.24, 2.45) is 17.3 Å². The molecule has 3 unspecified atom stereocenters. The van der Waals surface area contributed by atoms with Crippen LogP contribution in [0.3, 0.4) is 0 Å². The summed E-state index contributed by atoms with van der Waals surface area (Å²) in [7, 11) is 0. The van der Waals surface area contributed by atoms with Gasteiger partial charge in [-0.1, -0.05) is 91.5 Å². The number of aromatic nitrogens is 2. The monoisotopic (exact) mass is 618 g/mol. The van der Waals surface area contributed by atoms with E-state index in [1.165, 1.54) is 6.92 Å². The Bertz CT molecular complexity index is 1550. The molecule has 3 atom stereocenters. The number of para-hydroxylation sites is 2. The van der Waals surface area contributed by atoms with E-state index in [2.05, 4.69) is 9.97 Å². The number of aliphatic carboxylic acids is 4. The summed E-state index contributed by atoms with van der Waals surface area (Å²) >= 11 is 0.776. The van der Waals surface area contributed by atoms with Gasteiger partial charge in [0.05, 0.1) is 28.3 Å². The SMILES string of the molecule is CC(CC(CC(CC(Cc1ccccc1)(Cc1ccccc1)C(=O)O)(Sc1nc2ccccc2[nH]1)C(=O)O)C(=O)O)C(=O)O. The number of carboxylic acid groups (broad SMARTS) is 4. The standard InChI is InChI=1S/C33H34N2O8S/c1-21(27(36)37)16-24(28(38)39)19-33(30(42)43,44-31-34-25-14-8-9-15-26(25)35-31)20-32(29(40)41,17-22-10-4-2-5-11-22)18-23-12-6-3-7-13-23/h2-15,21,24H,16-20H2,1H3,(H,34,35)(H,36,37)(H,38,39)(H,40,41)(H,42,43). The molecule has 0 aliphatic carbocycles. The maximum absolute atomic E-state index is 13.5. The third-order valence-corrected chi connectivity index (χ3v) is 9.15. The van der Waals surface area contributed by atoms with Gasteiger partial charge in [0.25, 0.3) is 0 Å². The predicted molar refractivity (Wildman–Crippen MR) is 164 cm³/mol. The lowest BCUT2D eigenvalue weighted by atomic mass is 9.68. The fraction of sp³-hybridized carbons (Fsp3) is 0.303. The lowest BCUT2D eigenvalue weighted by Gasteiger charge is -2.39. The highest BCUT2D eigenvalue weighted by molar-refractivity contribution is 8.01. The fourth-order valence-corrected chi connectivity index (χ4v) is 7.05. The van der Waals surface area contributed by atoms with Gasteiger partial charge < -0.3 is 25.4 Å². The third-order valence-electron chi connectivity index (χ3n) is 7.88. The van der Waals surface area contributed by atoms with Crippen molar-refractivity contribution in [1.29, 1.82) is 0 Å². The minimum absolute atomic E-state index is 0.0307. The molecule has 0 radical (unpaired) electrons. The van der Waals surface area contributed by atoms with Gasteiger partial charge >= 0.3 is 23.9 Å². The first-order chi connectivity index (χ1) is 20.9. The van der Waals surface area contributed by atoms with Gasteiger partial charge in [0.2, 0.25) is 0 Å². The Balaban J connectivity index is 1.89. The number of nitrogens with one attached hydrogen (secondary N) is 1. The van der Waals surface area contributed by atoms with Crippen molar-refractivity contribution in [3.05, 3.63) is 96.1 Å². The summed E-state index contributed by atoms with van der Waals surface area (Å²) in [5, 5.41) is 41.7. The van der Waals surface area contributed by atoms with E-state index >= 15 is 0 Å². The number of carbonyl (C=O) groups is 4. The fourth-order valence-electron chi connectivity index (χ4n) is 5.65. The Morgan fingerprint density at radius 1 is 0.773 bits per heavy atom. The maximum atomic E-state index is 13.5. The molecule has 0 spiro atoms. The first kappa shape index (κ1) is 32.3. The minimum atomic E-state index is -2.03. The average Bonchev–Trinajstić information content (AvgIpc) is 3.39. The zero-order chi connectivity index (χ0) is 31.9. The van der Waals surface area contributed by atoms with Gasteiger partial charge in [0.15, 0.2) is 5.16 Å². The van der Waals surface area contributed by atoms with Crippen LogP contribution in [0, 0.1) is 17.3 Å². The molecule has 3 aromatic carbocycles. The van der Waals surface area contributed by atoms with Crippen molar-refractivity contribution in [2.45, 2.75) is 48.9 Å². The summed E-state index contributed by atoms with van der Waals surface area (Å²) in [5.41, 5.74) is 0.839. The van der Waals surface area contributed by atoms with Crippen molar-refractivity contribution in [3.8, 4) is 0 Å². The first-order valence-corrected chi connectivity index (χ1v) is 14.9. The summed E-state index contributed by atoms with van der Waals surface area (Å²) in [6.07, 6.45) is -1.40. The summed E-state index contributed by atoms with van der Waals surface area (Å²) in [6.45, 7) is 1.36. The van der Waals surface area contributed by atoms with Crippen molar-refractivity contribution in [1.82, 2.24) is 9.97 Å². The topological polar surface area (TPSA) is 178 Å². The maximum Gasteiger partial charge on any atom is 0.320 e. The normalized spacial score (nSPS) is 14.4. The number of thioether (sulfide) groups is 1. The summed E-state index contributed by atoms with van der Waals surface area (Å²) in [6, 6.07) is 24.8. The highest BCUT2D eigenvalue weighted by Gasteiger charge is 2.53. The molecule has 4 rings (SSSR count). The summed E-state index contributed by atoms with van der Waals surface area (Å²) in [5.74, 6) is -7.68. The smallest absolute Gasteiger partial charge is 0.320 e. The Kier molecular flexibility index (Phi) is 10.1. The van der Waals surface area contributed by atoms with E-state index in [0.717, 1.165) is 11.8 Å². The van der Waals surface area contributed by atoms with Crippen LogP contribution in [0.2, 0.25) is 0 Å². The van der Waals surface area contributed by atoms with E-state index < -0.39 is 58.7 Å². The molecule has 0 bridgehead atoms. The number of H-pyrrole nitrogens is 1.